The number of rotatable bonds is 9. The van der Waals surface area contributed by atoms with Crippen LogP contribution in [0.2, 0.25) is 0 Å². The Balaban J connectivity index is 1.14. The standard InChI is InChI=1S/C33H28N4O7/c1-41-29(38)15-19-9-11-27-25(13-19)36-31(43-27)21-5-3-7-23(17-21)34-33(40)35-24-8-4-6-22(18-24)32-37-26-14-20(16-30(39)42-2)10-12-28(26)44-32/h3-14,17-18,29,38H,15-16H2,1-2H3,(H2,34,35,40). The Labute approximate surface area is 251 Å². The number of carbonyl (C=O) groups excluding carboxylic acids is 2. The van der Waals surface area contributed by atoms with Gasteiger partial charge in [-0.25, -0.2) is 14.8 Å². The van der Waals surface area contributed by atoms with Crippen molar-refractivity contribution in [1.29, 1.82) is 0 Å². The van der Waals surface area contributed by atoms with Gasteiger partial charge in [-0.1, -0.05) is 24.3 Å². The van der Waals surface area contributed by atoms with Gasteiger partial charge in [0.05, 0.1) is 13.5 Å². The Kier molecular flexibility index (Phi) is 8.04. The first-order chi connectivity index (χ1) is 21.4. The first-order valence-electron chi connectivity index (χ1n) is 13.7. The van der Waals surface area contributed by atoms with E-state index >= 15 is 0 Å². The summed E-state index contributed by atoms with van der Waals surface area (Å²) < 4.78 is 21.5. The smallest absolute Gasteiger partial charge is 0.323 e. The molecule has 2 amide bonds. The number of esters is 1. The summed E-state index contributed by atoms with van der Waals surface area (Å²) in [5.74, 6) is 0.446. The van der Waals surface area contributed by atoms with Gasteiger partial charge in [0.1, 0.15) is 11.0 Å². The minimum absolute atomic E-state index is 0.142. The predicted octanol–water partition coefficient (Wildman–Crippen LogP) is 6.17. The maximum Gasteiger partial charge on any atom is 0.323 e. The predicted molar refractivity (Wildman–Crippen MR) is 164 cm³/mol. The number of anilines is 2. The van der Waals surface area contributed by atoms with Crippen molar-refractivity contribution in [3.8, 4) is 22.9 Å². The highest BCUT2D eigenvalue weighted by atomic mass is 16.6. The van der Waals surface area contributed by atoms with Crippen molar-refractivity contribution < 1.29 is 33.0 Å². The number of ether oxygens (including phenoxy) is 2. The lowest BCUT2D eigenvalue weighted by Gasteiger charge is -2.09. The number of fused-ring (bicyclic) bond motifs is 2. The van der Waals surface area contributed by atoms with Gasteiger partial charge in [0, 0.05) is 36.0 Å². The summed E-state index contributed by atoms with van der Waals surface area (Å²) in [6.07, 6.45) is -0.422. The summed E-state index contributed by atoms with van der Waals surface area (Å²) in [6, 6.07) is 24.7. The molecular weight excluding hydrogens is 564 g/mol. The molecule has 6 rings (SSSR count). The molecule has 222 valence electrons. The molecule has 2 aromatic heterocycles. The van der Waals surface area contributed by atoms with Gasteiger partial charge in [-0.2, -0.15) is 0 Å². The number of benzene rings is 4. The van der Waals surface area contributed by atoms with Gasteiger partial charge >= 0.3 is 12.0 Å². The molecule has 2 heterocycles. The molecule has 1 atom stereocenters. The number of aliphatic hydroxyl groups excluding tert-OH is 1. The summed E-state index contributed by atoms with van der Waals surface area (Å²) >= 11 is 0. The fourth-order valence-electron chi connectivity index (χ4n) is 4.71. The summed E-state index contributed by atoms with van der Waals surface area (Å²) in [4.78, 5) is 33.7. The molecule has 44 heavy (non-hydrogen) atoms. The third kappa shape index (κ3) is 6.43. The highest BCUT2D eigenvalue weighted by Gasteiger charge is 2.14. The molecule has 1 unspecified atom stereocenters. The molecule has 0 fully saturated rings. The number of oxazole rings is 2. The van der Waals surface area contributed by atoms with Gasteiger partial charge in [0.15, 0.2) is 17.5 Å². The van der Waals surface area contributed by atoms with Gasteiger partial charge in [0.25, 0.3) is 0 Å². The van der Waals surface area contributed by atoms with E-state index in [0.29, 0.717) is 62.9 Å². The lowest BCUT2D eigenvalue weighted by molar-refractivity contribution is -0.139. The van der Waals surface area contributed by atoms with Crippen molar-refractivity contribution >= 4 is 45.6 Å². The number of amides is 2. The normalized spacial score (nSPS) is 11.9. The molecule has 11 nitrogen and oxygen atoms in total. The molecule has 11 heteroatoms. The van der Waals surface area contributed by atoms with Crippen molar-refractivity contribution in [3.63, 3.8) is 0 Å². The van der Waals surface area contributed by atoms with Crippen LogP contribution in [-0.4, -0.2) is 47.6 Å². The number of urea groups is 1. The second kappa shape index (κ2) is 12.4. The third-order valence-electron chi connectivity index (χ3n) is 6.90. The number of carbonyl (C=O) groups is 2. The van der Waals surface area contributed by atoms with Gasteiger partial charge in [0.2, 0.25) is 11.8 Å². The average molecular weight is 593 g/mol. The molecule has 4 aromatic carbocycles. The Morgan fingerprint density at radius 1 is 0.773 bits per heavy atom. The summed E-state index contributed by atoms with van der Waals surface area (Å²) in [7, 11) is 2.80. The van der Waals surface area contributed by atoms with Gasteiger partial charge < -0.3 is 34.0 Å². The molecule has 0 saturated heterocycles. The van der Waals surface area contributed by atoms with Crippen LogP contribution >= 0.6 is 0 Å². The van der Waals surface area contributed by atoms with Gasteiger partial charge in [-0.15, -0.1) is 0 Å². The Morgan fingerprint density at radius 3 is 1.86 bits per heavy atom. The Bertz CT molecular complexity index is 1980. The summed E-state index contributed by atoms with van der Waals surface area (Å²) in [5.41, 5.74) is 6.52. The van der Waals surface area contributed by atoms with Crippen LogP contribution in [0.4, 0.5) is 16.2 Å². The molecule has 6 aromatic rings. The van der Waals surface area contributed by atoms with Crippen molar-refractivity contribution in [3.05, 3.63) is 96.1 Å². The average Bonchev–Trinajstić information content (AvgIpc) is 3.65. The maximum absolute atomic E-state index is 12.9. The van der Waals surface area contributed by atoms with Crippen molar-refractivity contribution in [2.24, 2.45) is 0 Å². The van der Waals surface area contributed by atoms with Gasteiger partial charge in [-0.3, -0.25) is 4.79 Å². The number of nitrogens with one attached hydrogen (secondary N) is 2. The molecule has 0 aliphatic heterocycles. The molecule has 3 N–H and O–H groups in total. The van der Waals surface area contributed by atoms with E-state index in [4.69, 9.17) is 18.3 Å². The van der Waals surface area contributed by atoms with E-state index in [1.54, 1.807) is 60.7 Å². The summed E-state index contributed by atoms with van der Waals surface area (Å²) in [6.45, 7) is 0. The van der Waals surface area contributed by atoms with Gasteiger partial charge in [-0.05, 0) is 71.8 Å². The number of aromatic nitrogens is 2. The fourth-order valence-corrected chi connectivity index (χ4v) is 4.71. The maximum atomic E-state index is 12.9. The van der Waals surface area contributed by atoms with Crippen LogP contribution in [0.1, 0.15) is 11.1 Å². The first kappa shape index (κ1) is 28.6. The number of hydrogen-bond acceptors (Lipinski definition) is 9. The first-order valence-corrected chi connectivity index (χ1v) is 13.7. The lowest BCUT2D eigenvalue weighted by Crippen LogP contribution is -2.19. The molecular formula is C33H28N4O7. The van der Waals surface area contributed by atoms with E-state index in [-0.39, 0.29) is 12.4 Å². The highest BCUT2D eigenvalue weighted by molar-refractivity contribution is 6.00. The SMILES string of the molecule is COC(=O)Cc1ccc2oc(-c3cccc(NC(=O)Nc4cccc(-c5nc6cc(CC(O)OC)ccc6o5)c4)c3)nc2c1. The minimum Gasteiger partial charge on any atom is -0.469 e. The van der Waals surface area contributed by atoms with Crippen LogP contribution in [0.15, 0.2) is 93.8 Å². The zero-order valence-electron chi connectivity index (χ0n) is 23.9. The van der Waals surface area contributed by atoms with Crippen LogP contribution in [0.5, 0.6) is 0 Å². The number of aliphatic hydroxyl groups is 1. The zero-order valence-corrected chi connectivity index (χ0v) is 23.9. The Hall–Kier alpha value is -5.52. The molecule has 0 aliphatic rings. The third-order valence-corrected chi connectivity index (χ3v) is 6.90. The van der Waals surface area contributed by atoms with E-state index < -0.39 is 12.3 Å². The topological polar surface area (TPSA) is 149 Å². The van der Waals surface area contributed by atoms with Crippen molar-refractivity contribution in [2.75, 3.05) is 24.9 Å². The van der Waals surface area contributed by atoms with Crippen molar-refractivity contribution in [1.82, 2.24) is 9.97 Å². The number of methoxy groups -OCH3 is 2. The highest BCUT2D eigenvalue weighted by Crippen LogP contribution is 2.29. The van der Waals surface area contributed by atoms with Crippen molar-refractivity contribution in [2.45, 2.75) is 19.1 Å². The number of nitrogens with zero attached hydrogens (tertiary/aromatic N) is 2. The van der Waals surface area contributed by atoms with Crippen LogP contribution in [0, 0.1) is 0 Å². The molecule has 0 radical (unpaired) electrons. The Morgan fingerprint density at radius 2 is 1.32 bits per heavy atom. The molecule has 0 saturated carbocycles. The molecule has 0 aliphatic carbocycles. The fraction of sp³-hybridized carbons (Fsp3) is 0.152. The van der Waals surface area contributed by atoms with Crippen LogP contribution in [0.25, 0.3) is 45.1 Å². The van der Waals surface area contributed by atoms with Crippen LogP contribution < -0.4 is 10.6 Å². The second-order valence-corrected chi connectivity index (χ2v) is 10.0. The van der Waals surface area contributed by atoms with Crippen LogP contribution in [-0.2, 0) is 27.1 Å². The minimum atomic E-state index is -0.897. The quantitative estimate of drug-likeness (QED) is 0.132. The van der Waals surface area contributed by atoms with E-state index in [1.165, 1.54) is 14.2 Å². The largest absolute Gasteiger partial charge is 0.469 e. The number of hydrogen-bond donors (Lipinski definition) is 3. The monoisotopic (exact) mass is 592 g/mol. The molecule has 0 spiro atoms. The second-order valence-electron chi connectivity index (χ2n) is 10.0. The zero-order chi connectivity index (χ0) is 30.6. The lowest BCUT2D eigenvalue weighted by atomic mass is 10.1. The van der Waals surface area contributed by atoms with E-state index in [2.05, 4.69) is 20.6 Å². The summed E-state index contributed by atoms with van der Waals surface area (Å²) in [5, 5.41) is 15.4. The van der Waals surface area contributed by atoms with E-state index in [0.717, 1.165) is 11.1 Å². The van der Waals surface area contributed by atoms with Crippen LogP contribution in [0.3, 0.4) is 0 Å². The van der Waals surface area contributed by atoms with E-state index in [1.807, 2.05) is 24.3 Å². The van der Waals surface area contributed by atoms with E-state index in [9.17, 15) is 14.7 Å². The molecule has 0 bridgehead atoms.